The summed E-state index contributed by atoms with van der Waals surface area (Å²) in [6.07, 6.45) is 1.63. The van der Waals surface area contributed by atoms with Crippen LogP contribution in [0, 0.1) is 0 Å². The number of halogens is 2. The van der Waals surface area contributed by atoms with Gasteiger partial charge in [-0.05, 0) is 71.7 Å². The fraction of sp³-hybridized carbons (Fsp3) is 0.207. The first-order valence-electron chi connectivity index (χ1n) is 12.1. The van der Waals surface area contributed by atoms with Crippen LogP contribution in [0.1, 0.15) is 30.9 Å². The predicted molar refractivity (Wildman–Crippen MR) is 151 cm³/mol. The van der Waals surface area contributed by atoms with E-state index in [1.807, 2.05) is 24.3 Å². The molecule has 1 heterocycles. The van der Waals surface area contributed by atoms with Gasteiger partial charge in [-0.3, -0.25) is 14.5 Å². The minimum Gasteiger partial charge on any atom is -0.497 e. The third-order valence-electron chi connectivity index (χ3n) is 5.76. The van der Waals surface area contributed by atoms with Crippen LogP contribution in [-0.4, -0.2) is 36.5 Å². The normalized spacial score (nSPS) is 14.2. The molecular weight excluding hydrogens is 524 g/mol. The lowest BCUT2D eigenvalue weighted by Gasteiger charge is -2.18. The van der Waals surface area contributed by atoms with E-state index in [1.54, 1.807) is 37.5 Å². The number of amidine groups is 1. The summed E-state index contributed by atoms with van der Waals surface area (Å²) in [5.74, 6) is 0.332. The lowest BCUT2D eigenvalue weighted by atomic mass is 10.0. The van der Waals surface area contributed by atoms with Gasteiger partial charge in [-0.25, -0.2) is 4.99 Å². The number of hydrogen-bond donors (Lipinski definition) is 1. The van der Waals surface area contributed by atoms with Gasteiger partial charge < -0.3 is 14.8 Å². The van der Waals surface area contributed by atoms with E-state index in [-0.39, 0.29) is 28.3 Å². The molecule has 1 N–H and O–H groups in total. The average Bonchev–Trinajstić information content (AvgIpc) is 3.23. The van der Waals surface area contributed by atoms with Crippen molar-refractivity contribution in [2.24, 2.45) is 4.99 Å². The number of nitrogens with zero attached hydrogens (tertiary/aromatic N) is 2. The summed E-state index contributed by atoms with van der Waals surface area (Å²) >= 11 is 1.09. The molecule has 39 heavy (non-hydrogen) atoms. The van der Waals surface area contributed by atoms with Gasteiger partial charge in [0.2, 0.25) is 5.91 Å². The highest BCUT2D eigenvalue weighted by atomic mass is 32.2. The number of nitrogens with one attached hydrogen (secondary N) is 1. The smallest absolute Gasteiger partial charge is 0.387 e. The lowest BCUT2D eigenvalue weighted by molar-refractivity contribution is -0.114. The Kier molecular flexibility index (Phi) is 8.98. The predicted octanol–water partition coefficient (Wildman–Crippen LogP) is 6.54. The van der Waals surface area contributed by atoms with Crippen molar-refractivity contribution in [2.45, 2.75) is 26.4 Å². The Balaban J connectivity index is 1.54. The Morgan fingerprint density at radius 3 is 2.23 bits per heavy atom. The van der Waals surface area contributed by atoms with Crippen LogP contribution in [0.25, 0.3) is 6.08 Å². The second-order valence-electron chi connectivity index (χ2n) is 8.82. The van der Waals surface area contributed by atoms with E-state index in [0.717, 1.165) is 22.9 Å². The van der Waals surface area contributed by atoms with Gasteiger partial charge in [0.15, 0.2) is 5.17 Å². The summed E-state index contributed by atoms with van der Waals surface area (Å²) in [5, 5.41) is 3.14. The van der Waals surface area contributed by atoms with Crippen molar-refractivity contribution in [3.05, 3.63) is 89.6 Å². The number of carbonyl (C=O) groups is 2. The third-order valence-corrected chi connectivity index (χ3v) is 6.70. The molecule has 0 aliphatic carbocycles. The first kappa shape index (κ1) is 27.8. The van der Waals surface area contributed by atoms with Crippen LogP contribution in [0.2, 0.25) is 0 Å². The van der Waals surface area contributed by atoms with Crippen molar-refractivity contribution in [3.63, 3.8) is 0 Å². The molecule has 0 saturated heterocycles. The van der Waals surface area contributed by atoms with E-state index in [4.69, 9.17) is 4.74 Å². The molecule has 2 amide bonds. The summed E-state index contributed by atoms with van der Waals surface area (Å²) in [4.78, 5) is 31.9. The molecule has 0 atom stereocenters. The Morgan fingerprint density at radius 2 is 1.64 bits per heavy atom. The first-order chi connectivity index (χ1) is 18.7. The van der Waals surface area contributed by atoms with Gasteiger partial charge in [-0.2, -0.15) is 8.78 Å². The molecule has 0 bridgehead atoms. The van der Waals surface area contributed by atoms with Gasteiger partial charge in [0, 0.05) is 5.69 Å². The van der Waals surface area contributed by atoms with Crippen LogP contribution in [-0.2, 0) is 9.59 Å². The zero-order valence-corrected chi connectivity index (χ0v) is 22.4. The summed E-state index contributed by atoms with van der Waals surface area (Å²) in [5.41, 5.74) is 3.13. The maximum Gasteiger partial charge on any atom is 0.387 e. The Morgan fingerprint density at radius 1 is 1.00 bits per heavy atom. The minimum atomic E-state index is -2.96. The van der Waals surface area contributed by atoms with Crippen LogP contribution in [0.5, 0.6) is 11.5 Å². The summed E-state index contributed by atoms with van der Waals surface area (Å²) < 4.78 is 34.7. The van der Waals surface area contributed by atoms with Gasteiger partial charge in [-0.15, -0.1) is 0 Å². The highest BCUT2D eigenvalue weighted by molar-refractivity contribution is 8.14. The molecule has 0 radical (unpaired) electrons. The molecule has 4 rings (SSSR count). The molecule has 3 aromatic carbocycles. The quantitative estimate of drug-likeness (QED) is 0.306. The number of methoxy groups -OCH3 is 1. The summed E-state index contributed by atoms with van der Waals surface area (Å²) in [7, 11) is 1.56. The number of alkyl halides is 2. The van der Waals surface area contributed by atoms with E-state index < -0.39 is 12.5 Å². The van der Waals surface area contributed by atoms with Crippen LogP contribution in [0.3, 0.4) is 0 Å². The van der Waals surface area contributed by atoms with Gasteiger partial charge in [-0.1, -0.05) is 49.9 Å². The molecule has 0 saturated carbocycles. The van der Waals surface area contributed by atoms with Gasteiger partial charge in [0.1, 0.15) is 17.2 Å². The molecule has 7 nitrogen and oxygen atoms in total. The molecule has 1 aliphatic heterocycles. The lowest BCUT2D eigenvalue weighted by Crippen LogP contribution is -2.31. The van der Waals surface area contributed by atoms with E-state index in [1.165, 1.54) is 29.2 Å². The zero-order chi connectivity index (χ0) is 27.9. The Bertz CT molecular complexity index is 1370. The highest BCUT2D eigenvalue weighted by Crippen LogP contribution is 2.31. The largest absolute Gasteiger partial charge is 0.497 e. The fourth-order valence-electron chi connectivity index (χ4n) is 3.73. The molecular formula is C29H27F2N3O4S. The monoisotopic (exact) mass is 551 g/mol. The van der Waals surface area contributed by atoms with Crippen molar-refractivity contribution in [2.75, 3.05) is 23.1 Å². The number of aliphatic imine (C=N–C) groups is 1. The van der Waals surface area contributed by atoms with E-state index in [9.17, 15) is 18.4 Å². The zero-order valence-electron chi connectivity index (χ0n) is 21.6. The number of benzene rings is 3. The van der Waals surface area contributed by atoms with Crippen LogP contribution >= 0.6 is 11.8 Å². The third kappa shape index (κ3) is 7.23. The number of hydrogen-bond acceptors (Lipinski definition) is 6. The molecule has 0 fully saturated rings. The van der Waals surface area contributed by atoms with Crippen molar-refractivity contribution in [1.82, 2.24) is 0 Å². The number of rotatable bonds is 9. The molecule has 1 aliphatic rings. The maximum atomic E-state index is 13.4. The Hall–Kier alpha value is -4.18. The van der Waals surface area contributed by atoms with Crippen LogP contribution in [0.4, 0.5) is 20.2 Å². The number of anilines is 2. The number of thioether (sulfide) groups is 1. The van der Waals surface area contributed by atoms with E-state index in [0.29, 0.717) is 23.0 Å². The molecule has 0 unspecified atom stereocenters. The van der Waals surface area contributed by atoms with Crippen molar-refractivity contribution >= 4 is 46.2 Å². The van der Waals surface area contributed by atoms with Crippen molar-refractivity contribution < 1.29 is 27.8 Å². The second kappa shape index (κ2) is 12.6. The van der Waals surface area contributed by atoms with E-state index in [2.05, 4.69) is 28.9 Å². The van der Waals surface area contributed by atoms with Gasteiger partial charge >= 0.3 is 6.61 Å². The topological polar surface area (TPSA) is 80.2 Å². The van der Waals surface area contributed by atoms with Crippen molar-refractivity contribution in [1.29, 1.82) is 0 Å². The van der Waals surface area contributed by atoms with Gasteiger partial charge in [0.05, 0.1) is 18.6 Å². The second-order valence-corrected chi connectivity index (χ2v) is 9.77. The number of carbonyl (C=O) groups excluding carboxylic acids is 2. The molecule has 0 aromatic heterocycles. The fourth-order valence-corrected chi connectivity index (χ4v) is 4.55. The highest BCUT2D eigenvalue weighted by Gasteiger charge is 2.32. The molecule has 202 valence electrons. The minimum absolute atomic E-state index is 0.00304. The molecule has 3 aromatic rings. The maximum absolute atomic E-state index is 13.4. The molecule has 10 heteroatoms. The Labute approximate surface area is 229 Å². The van der Waals surface area contributed by atoms with Crippen LogP contribution < -0.4 is 19.7 Å². The summed E-state index contributed by atoms with van der Waals surface area (Å²) in [6, 6.07) is 20.4. The number of ether oxygens (including phenoxy) is 2. The average molecular weight is 552 g/mol. The van der Waals surface area contributed by atoms with Gasteiger partial charge in [0.25, 0.3) is 5.91 Å². The standard InChI is InChI=1S/C29H27F2N3O4S/c1-18(2)20-6-8-21(9-7-20)32-26(35)17-39-29-33-25(16-19-4-12-23(37-3)13-5-19)27(36)34(29)22-10-14-24(15-11-22)38-28(30)31/h4-16,18,28H,17H2,1-3H3,(H,32,35). The van der Waals surface area contributed by atoms with Crippen LogP contribution in [0.15, 0.2) is 83.5 Å². The van der Waals surface area contributed by atoms with Crippen molar-refractivity contribution in [3.8, 4) is 11.5 Å². The SMILES string of the molecule is COc1ccc(C=C2N=C(SCC(=O)Nc3ccc(C(C)C)cc3)N(c3ccc(OC(F)F)cc3)C2=O)cc1. The number of amides is 2. The first-order valence-corrected chi connectivity index (χ1v) is 13.1. The molecule has 0 spiro atoms. The summed E-state index contributed by atoms with van der Waals surface area (Å²) in [6.45, 7) is 1.23. The van der Waals surface area contributed by atoms with E-state index >= 15 is 0 Å².